The highest BCUT2D eigenvalue weighted by molar-refractivity contribution is 7.79. The van der Waals surface area contributed by atoms with E-state index in [1.807, 2.05) is 30.5 Å². The summed E-state index contributed by atoms with van der Waals surface area (Å²) in [6, 6.07) is 23.3. The van der Waals surface area contributed by atoms with Crippen LogP contribution in [-0.4, -0.2) is 4.98 Å². The van der Waals surface area contributed by atoms with Gasteiger partial charge in [0.25, 0.3) is 0 Å². The number of benzene rings is 2. The fourth-order valence-corrected chi connectivity index (χ4v) is 4.56. The second-order valence-electron chi connectivity index (χ2n) is 5.11. The van der Waals surface area contributed by atoms with Gasteiger partial charge >= 0.3 is 0 Å². The number of hydrogen-bond acceptors (Lipinski definition) is 1. The Balaban J connectivity index is 2.08. The van der Waals surface area contributed by atoms with E-state index >= 15 is 0 Å². The van der Waals surface area contributed by atoms with E-state index in [0.717, 1.165) is 16.6 Å². The van der Waals surface area contributed by atoms with E-state index in [2.05, 4.69) is 72.7 Å². The Labute approximate surface area is 138 Å². The lowest BCUT2D eigenvalue weighted by atomic mass is 10.2. The molecule has 3 aromatic rings. The maximum Gasteiger partial charge on any atom is 0.0720 e. The SMILES string of the molecule is C=Cc1ccc(P(c2ccc(C=C)cc2)c2ccccn2)cc1. The highest BCUT2D eigenvalue weighted by Gasteiger charge is 2.17. The number of aromatic nitrogens is 1. The Kier molecular flexibility index (Phi) is 4.80. The first-order valence-electron chi connectivity index (χ1n) is 7.48. The molecule has 0 saturated heterocycles. The molecule has 2 aromatic carbocycles. The third-order valence-electron chi connectivity index (χ3n) is 3.65. The normalized spacial score (nSPS) is 10.5. The van der Waals surface area contributed by atoms with Crippen molar-refractivity contribution in [2.45, 2.75) is 0 Å². The van der Waals surface area contributed by atoms with E-state index in [1.54, 1.807) is 0 Å². The predicted octanol–water partition coefficient (Wildman–Crippen LogP) is 4.13. The molecule has 0 fully saturated rings. The standard InChI is InChI=1S/C21H18NP/c1-3-17-8-12-19(13-9-17)23(21-7-5-6-16-22-21)20-14-10-18(4-2)11-15-20/h3-16H,1-2H2. The van der Waals surface area contributed by atoms with E-state index in [4.69, 9.17) is 0 Å². The molecule has 0 unspecified atom stereocenters. The molecule has 0 spiro atoms. The Hall–Kier alpha value is -2.50. The summed E-state index contributed by atoms with van der Waals surface area (Å²) in [5, 5.41) is 2.58. The smallest absolute Gasteiger partial charge is 0.0720 e. The molecule has 0 aliphatic carbocycles. The summed E-state index contributed by atoms with van der Waals surface area (Å²) in [6.07, 6.45) is 5.60. The summed E-state index contributed by atoms with van der Waals surface area (Å²) >= 11 is 0. The first kappa shape index (κ1) is 15.4. The van der Waals surface area contributed by atoms with Gasteiger partial charge in [0, 0.05) is 14.1 Å². The van der Waals surface area contributed by atoms with Gasteiger partial charge in [-0.05, 0) is 33.9 Å². The molecule has 1 heterocycles. The summed E-state index contributed by atoms with van der Waals surface area (Å²) in [5.74, 6) is 0. The summed E-state index contributed by atoms with van der Waals surface area (Å²) in [6.45, 7) is 7.65. The fourth-order valence-electron chi connectivity index (χ4n) is 2.42. The second-order valence-corrected chi connectivity index (χ2v) is 7.28. The quantitative estimate of drug-likeness (QED) is 0.645. The molecule has 0 aliphatic rings. The van der Waals surface area contributed by atoms with Crippen molar-refractivity contribution in [3.8, 4) is 0 Å². The first-order chi connectivity index (χ1) is 11.3. The molecule has 0 bridgehead atoms. The Morgan fingerprint density at radius 1 is 0.696 bits per heavy atom. The average Bonchev–Trinajstić information content (AvgIpc) is 2.64. The van der Waals surface area contributed by atoms with Crippen molar-refractivity contribution in [1.29, 1.82) is 0 Å². The number of hydrogen-bond donors (Lipinski definition) is 0. The van der Waals surface area contributed by atoms with Crippen molar-refractivity contribution in [2.24, 2.45) is 0 Å². The minimum Gasteiger partial charge on any atom is -0.256 e. The Bertz CT molecular complexity index is 738. The lowest BCUT2D eigenvalue weighted by molar-refractivity contribution is 1.39. The fraction of sp³-hybridized carbons (Fsp3) is 0. The van der Waals surface area contributed by atoms with Crippen LogP contribution in [0.15, 0.2) is 86.1 Å². The van der Waals surface area contributed by atoms with Crippen LogP contribution in [-0.2, 0) is 0 Å². The van der Waals surface area contributed by atoms with E-state index in [-0.39, 0.29) is 0 Å². The van der Waals surface area contributed by atoms with Crippen LogP contribution in [0.3, 0.4) is 0 Å². The molecule has 112 valence electrons. The molecule has 3 rings (SSSR count). The third kappa shape index (κ3) is 3.47. The summed E-state index contributed by atoms with van der Waals surface area (Å²) in [5.41, 5.74) is 3.37. The molecular weight excluding hydrogens is 297 g/mol. The second kappa shape index (κ2) is 7.17. The van der Waals surface area contributed by atoms with Crippen molar-refractivity contribution < 1.29 is 0 Å². The van der Waals surface area contributed by atoms with Crippen LogP contribution in [0.2, 0.25) is 0 Å². The van der Waals surface area contributed by atoms with Crippen LogP contribution in [0.4, 0.5) is 0 Å². The molecule has 0 N–H and O–H groups in total. The molecule has 0 aliphatic heterocycles. The van der Waals surface area contributed by atoms with Gasteiger partial charge in [0.2, 0.25) is 0 Å². The third-order valence-corrected chi connectivity index (χ3v) is 6.00. The topological polar surface area (TPSA) is 12.9 Å². The molecule has 0 amide bonds. The van der Waals surface area contributed by atoms with Crippen molar-refractivity contribution in [1.82, 2.24) is 4.98 Å². The zero-order valence-corrected chi connectivity index (χ0v) is 13.8. The van der Waals surface area contributed by atoms with Gasteiger partial charge in [0.05, 0.1) is 5.44 Å². The van der Waals surface area contributed by atoms with Crippen LogP contribution < -0.4 is 16.0 Å². The van der Waals surface area contributed by atoms with Crippen molar-refractivity contribution in [2.75, 3.05) is 0 Å². The zero-order chi connectivity index (χ0) is 16.1. The summed E-state index contributed by atoms with van der Waals surface area (Å²) < 4.78 is 0. The van der Waals surface area contributed by atoms with Crippen molar-refractivity contribution in [3.63, 3.8) is 0 Å². The molecule has 0 radical (unpaired) electrons. The van der Waals surface area contributed by atoms with E-state index in [1.165, 1.54) is 10.6 Å². The van der Waals surface area contributed by atoms with E-state index in [0.29, 0.717) is 0 Å². The van der Waals surface area contributed by atoms with Gasteiger partial charge in [-0.1, -0.05) is 79.9 Å². The van der Waals surface area contributed by atoms with Gasteiger partial charge in [0.15, 0.2) is 0 Å². The summed E-state index contributed by atoms with van der Waals surface area (Å²) in [4.78, 5) is 4.61. The maximum absolute atomic E-state index is 4.61. The lowest BCUT2D eigenvalue weighted by Crippen LogP contribution is -2.22. The molecule has 1 aromatic heterocycles. The van der Waals surface area contributed by atoms with Crippen molar-refractivity contribution >= 4 is 36.1 Å². The van der Waals surface area contributed by atoms with Gasteiger partial charge in [-0.3, -0.25) is 4.98 Å². The number of pyridine rings is 1. The number of rotatable bonds is 5. The maximum atomic E-state index is 4.61. The van der Waals surface area contributed by atoms with Crippen LogP contribution in [0.25, 0.3) is 12.2 Å². The van der Waals surface area contributed by atoms with Gasteiger partial charge in [-0.15, -0.1) is 0 Å². The molecule has 0 atom stereocenters. The Morgan fingerprint density at radius 2 is 1.22 bits per heavy atom. The van der Waals surface area contributed by atoms with Gasteiger partial charge in [0.1, 0.15) is 0 Å². The van der Waals surface area contributed by atoms with Gasteiger partial charge in [-0.2, -0.15) is 0 Å². The molecule has 1 nitrogen and oxygen atoms in total. The molecular formula is C21H18NP. The number of nitrogens with zero attached hydrogens (tertiary/aromatic N) is 1. The van der Waals surface area contributed by atoms with E-state index in [9.17, 15) is 0 Å². The Morgan fingerprint density at radius 3 is 1.61 bits per heavy atom. The monoisotopic (exact) mass is 315 g/mol. The van der Waals surface area contributed by atoms with Crippen LogP contribution in [0.5, 0.6) is 0 Å². The van der Waals surface area contributed by atoms with E-state index < -0.39 is 7.92 Å². The van der Waals surface area contributed by atoms with Crippen LogP contribution >= 0.6 is 7.92 Å². The van der Waals surface area contributed by atoms with Gasteiger partial charge < -0.3 is 0 Å². The van der Waals surface area contributed by atoms with Crippen LogP contribution in [0.1, 0.15) is 11.1 Å². The molecule has 2 heteroatoms. The molecule has 0 saturated carbocycles. The van der Waals surface area contributed by atoms with Crippen molar-refractivity contribution in [3.05, 3.63) is 97.2 Å². The average molecular weight is 315 g/mol. The highest BCUT2D eigenvalue weighted by Crippen LogP contribution is 2.32. The molecule has 23 heavy (non-hydrogen) atoms. The van der Waals surface area contributed by atoms with Crippen LogP contribution in [0, 0.1) is 0 Å². The minimum absolute atomic E-state index is 0.660. The minimum atomic E-state index is -0.660. The van der Waals surface area contributed by atoms with Gasteiger partial charge in [-0.25, -0.2) is 0 Å². The predicted molar refractivity (Wildman–Crippen MR) is 103 cm³/mol. The summed E-state index contributed by atoms with van der Waals surface area (Å²) in [7, 11) is -0.660. The highest BCUT2D eigenvalue weighted by atomic mass is 31.1. The lowest BCUT2D eigenvalue weighted by Gasteiger charge is -2.18. The largest absolute Gasteiger partial charge is 0.256 e. The zero-order valence-electron chi connectivity index (χ0n) is 12.9. The first-order valence-corrected chi connectivity index (χ1v) is 8.82.